The molecule has 0 spiro atoms. The van der Waals surface area contributed by atoms with Crippen LogP contribution in [0, 0.1) is 0 Å². The zero-order valence-electron chi connectivity index (χ0n) is 17.2. The molecule has 8 heteroatoms. The number of amides is 1. The van der Waals surface area contributed by atoms with Crippen molar-refractivity contribution in [1.29, 1.82) is 0 Å². The summed E-state index contributed by atoms with van der Waals surface area (Å²) in [6, 6.07) is 7.31. The van der Waals surface area contributed by atoms with Crippen molar-refractivity contribution in [3.63, 3.8) is 0 Å². The number of piperidine rings is 1. The molecule has 2 rings (SSSR count). The smallest absolute Gasteiger partial charge is 0.257 e. The van der Waals surface area contributed by atoms with Crippen LogP contribution in [0.1, 0.15) is 39.0 Å². The Hall–Kier alpha value is -1.80. The largest absolute Gasteiger partial charge is 0.484 e. The van der Waals surface area contributed by atoms with Gasteiger partial charge in [0.05, 0.1) is 11.9 Å². The van der Waals surface area contributed by atoms with Gasteiger partial charge in [0, 0.05) is 26.2 Å². The lowest BCUT2D eigenvalue weighted by molar-refractivity contribution is -0.123. The molecule has 158 valence electrons. The number of sulfonamides is 1. The highest BCUT2D eigenvalue weighted by atomic mass is 32.2. The first-order valence-electron chi connectivity index (χ1n) is 9.98. The van der Waals surface area contributed by atoms with E-state index in [0.717, 1.165) is 19.2 Å². The molecule has 1 fully saturated rings. The van der Waals surface area contributed by atoms with E-state index in [1.54, 1.807) is 24.3 Å². The van der Waals surface area contributed by atoms with Gasteiger partial charge in [0.25, 0.3) is 5.91 Å². The van der Waals surface area contributed by atoms with Gasteiger partial charge in [0.1, 0.15) is 5.75 Å². The molecule has 1 aliphatic rings. The van der Waals surface area contributed by atoms with Crippen molar-refractivity contribution >= 4 is 21.6 Å². The summed E-state index contributed by atoms with van der Waals surface area (Å²) < 4.78 is 29.7. The molecule has 0 unspecified atom stereocenters. The van der Waals surface area contributed by atoms with Gasteiger partial charge in [0.15, 0.2) is 6.61 Å². The van der Waals surface area contributed by atoms with E-state index in [1.165, 1.54) is 43.6 Å². The topological polar surface area (TPSA) is 79.0 Å². The zero-order valence-corrected chi connectivity index (χ0v) is 18.0. The third-order valence-electron chi connectivity index (χ3n) is 5.23. The molecular formula is C20H33N3O4S. The number of anilines is 1. The van der Waals surface area contributed by atoms with Crippen LogP contribution in [0.4, 0.5) is 5.69 Å². The first kappa shape index (κ1) is 22.5. The molecule has 0 aromatic heterocycles. The molecule has 28 heavy (non-hydrogen) atoms. The second kappa shape index (κ2) is 10.7. The Kier molecular flexibility index (Phi) is 8.57. The SMILES string of the molecule is CC[C@@H]1CCCCN1CCCNC(=O)COc1ccc(N(C)S(C)(=O)=O)cc1. The molecule has 0 radical (unpaired) electrons. The maximum absolute atomic E-state index is 12.0. The van der Waals surface area contributed by atoms with E-state index in [4.69, 9.17) is 4.74 Å². The predicted molar refractivity (Wildman–Crippen MR) is 112 cm³/mol. The lowest BCUT2D eigenvalue weighted by Crippen LogP contribution is -2.41. The van der Waals surface area contributed by atoms with Crippen LogP contribution in [-0.4, -0.2) is 64.8 Å². The van der Waals surface area contributed by atoms with E-state index in [0.29, 0.717) is 24.0 Å². The van der Waals surface area contributed by atoms with Crippen molar-refractivity contribution in [1.82, 2.24) is 10.2 Å². The van der Waals surface area contributed by atoms with E-state index in [-0.39, 0.29) is 12.5 Å². The number of likely N-dealkylation sites (tertiary alicyclic amines) is 1. The van der Waals surface area contributed by atoms with Crippen LogP contribution in [0.25, 0.3) is 0 Å². The minimum Gasteiger partial charge on any atom is -0.484 e. The molecule has 1 heterocycles. The molecule has 1 aromatic rings. The molecule has 1 N–H and O–H groups in total. The molecule has 7 nitrogen and oxygen atoms in total. The number of hydrogen-bond acceptors (Lipinski definition) is 5. The highest BCUT2D eigenvalue weighted by molar-refractivity contribution is 7.92. The highest BCUT2D eigenvalue weighted by Gasteiger charge is 2.19. The quantitative estimate of drug-likeness (QED) is 0.598. The highest BCUT2D eigenvalue weighted by Crippen LogP contribution is 2.20. The number of hydrogen-bond donors (Lipinski definition) is 1. The summed E-state index contributed by atoms with van der Waals surface area (Å²) in [5.41, 5.74) is 0.544. The van der Waals surface area contributed by atoms with Crippen molar-refractivity contribution in [3.05, 3.63) is 24.3 Å². The number of rotatable bonds is 10. The second-order valence-corrected chi connectivity index (χ2v) is 9.32. The van der Waals surface area contributed by atoms with Gasteiger partial charge in [-0.15, -0.1) is 0 Å². The summed E-state index contributed by atoms with van der Waals surface area (Å²) >= 11 is 0. The third kappa shape index (κ3) is 6.98. The van der Waals surface area contributed by atoms with E-state index in [2.05, 4.69) is 17.1 Å². The Morgan fingerprint density at radius 3 is 2.64 bits per heavy atom. The Labute approximate surface area is 169 Å². The summed E-state index contributed by atoms with van der Waals surface area (Å²) in [5.74, 6) is 0.378. The summed E-state index contributed by atoms with van der Waals surface area (Å²) in [6.45, 7) is 5.03. The molecular weight excluding hydrogens is 378 g/mol. The van der Waals surface area contributed by atoms with Crippen LogP contribution in [0.3, 0.4) is 0 Å². The predicted octanol–water partition coefficient (Wildman–Crippen LogP) is 2.23. The molecule has 1 aliphatic heterocycles. The molecule has 1 atom stereocenters. The van der Waals surface area contributed by atoms with Crippen LogP contribution in [0.15, 0.2) is 24.3 Å². The molecule has 1 amide bonds. The number of carbonyl (C=O) groups excluding carboxylic acids is 1. The zero-order chi connectivity index (χ0) is 20.6. The Morgan fingerprint density at radius 2 is 2.00 bits per heavy atom. The lowest BCUT2D eigenvalue weighted by Gasteiger charge is -2.35. The number of benzene rings is 1. The minimum atomic E-state index is -3.30. The number of carbonyl (C=O) groups is 1. The molecule has 0 saturated carbocycles. The number of nitrogens with one attached hydrogen (secondary N) is 1. The molecule has 0 bridgehead atoms. The summed E-state index contributed by atoms with van der Waals surface area (Å²) in [5, 5.41) is 2.90. The average Bonchev–Trinajstić information content (AvgIpc) is 2.69. The van der Waals surface area contributed by atoms with Gasteiger partial charge in [-0.3, -0.25) is 9.10 Å². The Balaban J connectivity index is 1.67. The monoisotopic (exact) mass is 411 g/mol. The maximum atomic E-state index is 12.0. The number of ether oxygens (including phenoxy) is 1. The third-order valence-corrected chi connectivity index (χ3v) is 6.44. The normalized spacial score (nSPS) is 17.9. The number of nitrogens with zero attached hydrogens (tertiary/aromatic N) is 2. The van der Waals surface area contributed by atoms with Crippen LogP contribution < -0.4 is 14.4 Å². The Morgan fingerprint density at radius 1 is 1.29 bits per heavy atom. The maximum Gasteiger partial charge on any atom is 0.257 e. The first-order valence-corrected chi connectivity index (χ1v) is 11.8. The molecule has 0 aliphatic carbocycles. The summed E-state index contributed by atoms with van der Waals surface area (Å²) in [7, 11) is -1.80. The van der Waals surface area contributed by atoms with Gasteiger partial charge >= 0.3 is 0 Å². The van der Waals surface area contributed by atoms with E-state index in [9.17, 15) is 13.2 Å². The van der Waals surface area contributed by atoms with Crippen LogP contribution in [0.2, 0.25) is 0 Å². The summed E-state index contributed by atoms with van der Waals surface area (Å²) in [4.78, 5) is 14.5. The fourth-order valence-corrected chi connectivity index (χ4v) is 3.98. The van der Waals surface area contributed by atoms with Crippen molar-refractivity contribution in [2.75, 3.05) is 43.8 Å². The van der Waals surface area contributed by atoms with Crippen LogP contribution >= 0.6 is 0 Å². The van der Waals surface area contributed by atoms with Crippen LogP contribution in [-0.2, 0) is 14.8 Å². The lowest BCUT2D eigenvalue weighted by atomic mass is 10.00. The van der Waals surface area contributed by atoms with E-state index in [1.807, 2.05) is 0 Å². The average molecular weight is 412 g/mol. The van der Waals surface area contributed by atoms with Gasteiger partial charge in [0.2, 0.25) is 10.0 Å². The van der Waals surface area contributed by atoms with Gasteiger partial charge < -0.3 is 15.0 Å². The van der Waals surface area contributed by atoms with Gasteiger partial charge in [-0.2, -0.15) is 0 Å². The van der Waals surface area contributed by atoms with Gasteiger partial charge in [-0.25, -0.2) is 8.42 Å². The van der Waals surface area contributed by atoms with E-state index < -0.39 is 10.0 Å². The van der Waals surface area contributed by atoms with Crippen molar-refractivity contribution < 1.29 is 17.9 Å². The second-order valence-electron chi connectivity index (χ2n) is 7.31. The van der Waals surface area contributed by atoms with Crippen molar-refractivity contribution in [3.8, 4) is 5.75 Å². The Bertz CT molecular complexity index is 721. The first-order chi connectivity index (χ1) is 13.3. The fraction of sp³-hybridized carbons (Fsp3) is 0.650. The fourth-order valence-electron chi connectivity index (χ4n) is 3.47. The van der Waals surface area contributed by atoms with Crippen LogP contribution in [0.5, 0.6) is 5.75 Å². The standard InChI is InChI=1S/C20H33N3O4S/c1-4-17-8-5-6-14-23(17)15-7-13-21-20(24)16-27-19-11-9-18(10-12-19)22(2)28(3,25)26/h9-12,17H,4-8,13-16H2,1-3H3,(H,21,24)/t17-/m1/s1. The minimum absolute atomic E-state index is 0.0530. The molecule has 1 saturated heterocycles. The van der Waals surface area contributed by atoms with Crippen molar-refractivity contribution in [2.24, 2.45) is 0 Å². The van der Waals surface area contributed by atoms with Gasteiger partial charge in [-0.1, -0.05) is 13.3 Å². The van der Waals surface area contributed by atoms with Crippen molar-refractivity contribution in [2.45, 2.75) is 45.1 Å². The van der Waals surface area contributed by atoms with E-state index >= 15 is 0 Å². The van der Waals surface area contributed by atoms with Gasteiger partial charge in [-0.05, 0) is 56.5 Å². The molecule has 1 aromatic carbocycles. The summed E-state index contributed by atoms with van der Waals surface area (Å²) in [6.07, 6.45) is 7.17.